The maximum Gasteiger partial charge on any atom is 0.229 e. The molecule has 13 nitrogen and oxygen atoms in total. The highest BCUT2D eigenvalue weighted by atomic mass is 79.9. The van der Waals surface area contributed by atoms with Gasteiger partial charge in [0.15, 0.2) is 11.5 Å². The van der Waals surface area contributed by atoms with E-state index in [9.17, 15) is 13.0 Å². The number of piperidine rings is 1. The fraction of sp³-hybridized carbons (Fsp3) is 0.543. The van der Waals surface area contributed by atoms with Crippen molar-refractivity contribution in [3.8, 4) is 17.2 Å². The van der Waals surface area contributed by atoms with Crippen molar-refractivity contribution in [3.05, 3.63) is 40.5 Å². The summed E-state index contributed by atoms with van der Waals surface area (Å²) in [6.07, 6.45) is 5.98. The lowest BCUT2D eigenvalue weighted by atomic mass is 10.00. The van der Waals surface area contributed by atoms with Crippen LogP contribution in [0.4, 0.5) is 28.8 Å². The molecule has 3 aromatic rings. The van der Waals surface area contributed by atoms with E-state index in [1.807, 2.05) is 12.1 Å². The second-order valence-corrected chi connectivity index (χ2v) is 20.3. The number of anilines is 5. The molecular formula is C35H47BrN7O6PS. The zero-order valence-corrected chi connectivity index (χ0v) is 33.1. The Kier molecular flexibility index (Phi) is 10.2. The molecule has 4 aliphatic heterocycles. The van der Waals surface area contributed by atoms with Crippen molar-refractivity contribution >= 4 is 67.2 Å². The monoisotopic (exact) mass is 803 g/mol. The zero-order chi connectivity index (χ0) is 36.1. The Labute approximate surface area is 309 Å². The Morgan fingerprint density at radius 1 is 1.02 bits per heavy atom. The van der Waals surface area contributed by atoms with E-state index in [-0.39, 0.29) is 0 Å². The van der Waals surface area contributed by atoms with Crippen molar-refractivity contribution in [3.63, 3.8) is 0 Å². The Morgan fingerprint density at radius 2 is 1.73 bits per heavy atom. The number of methoxy groups -OCH3 is 1. The van der Waals surface area contributed by atoms with E-state index < -0.39 is 17.2 Å². The number of hydrogen-bond donors (Lipinski definition) is 2. The molecule has 1 aromatic heterocycles. The molecule has 0 bridgehead atoms. The Bertz CT molecular complexity index is 1940. The molecule has 2 aromatic carbocycles. The van der Waals surface area contributed by atoms with Crippen LogP contribution in [0.1, 0.15) is 25.3 Å². The summed E-state index contributed by atoms with van der Waals surface area (Å²) in [5, 5.41) is 7.32. The van der Waals surface area contributed by atoms with Crippen LogP contribution in [-0.4, -0.2) is 113 Å². The van der Waals surface area contributed by atoms with E-state index in [4.69, 9.17) is 19.2 Å². The van der Waals surface area contributed by atoms with Gasteiger partial charge in [0.1, 0.15) is 31.9 Å². The average molecular weight is 805 g/mol. The van der Waals surface area contributed by atoms with Gasteiger partial charge in [-0.2, -0.15) is 4.98 Å². The van der Waals surface area contributed by atoms with Crippen LogP contribution in [0.25, 0.3) is 0 Å². The molecule has 51 heavy (non-hydrogen) atoms. The van der Waals surface area contributed by atoms with Gasteiger partial charge in [-0.25, -0.2) is 17.7 Å². The number of nitrogens with zero attached hydrogens (tertiary/aromatic N) is 5. The Balaban J connectivity index is 1.05. The number of rotatable bonds is 10. The molecule has 3 fully saturated rings. The van der Waals surface area contributed by atoms with E-state index in [0.29, 0.717) is 88.7 Å². The minimum atomic E-state index is -3.12. The van der Waals surface area contributed by atoms with Crippen LogP contribution in [-0.2, 0) is 21.0 Å². The van der Waals surface area contributed by atoms with Crippen LogP contribution in [0.2, 0.25) is 0 Å². The van der Waals surface area contributed by atoms with Crippen LogP contribution in [0, 0.1) is 11.8 Å². The molecule has 0 radical (unpaired) electrons. The van der Waals surface area contributed by atoms with Gasteiger partial charge in [0.25, 0.3) is 0 Å². The summed E-state index contributed by atoms with van der Waals surface area (Å²) in [6.45, 7) is 11.6. The quantitative estimate of drug-likeness (QED) is 0.264. The number of halogens is 1. The van der Waals surface area contributed by atoms with Crippen LogP contribution in [0.3, 0.4) is 0 Å². The van der Waals surface area contributed by atoms with Crippen molar-refractivity contribution in [2.75, 3.05) is 94.7 Å². The van der Waals surface area contributed by atoms with E-state index in [1.165, 1.54) is 17.5 Å². The first-order valence-electron chi connectivity index (χ1n) is 17.5. The molecule has 7 rings (SSSR count). The third-order valence-electron chi connectivity index (χ3n) is 10.5. The van der Waals surface area contributed by atoms with Gasteiger partial charge in [-0.05, 0) is 84.1 Å². The number of ether oxygens (including phenoxy) is 3. The van der Waals surface area contributed by atoms with Crippen LogP contribution < -0.4 is 35.0 Å². The summed E-state index contributed by atoms with van der Waals surface area (Å²) in [7, 11) is -4.22. The highest BCUT2D eigenvalue weighted by Gasteiger charge is 2.44. The maximum atomic E-state index is 13.4. The van der Waals surface area contributed by atoms with Gasteiger partial charge in [0, 0.05) is 63.3 Å². The molecule has 2 N–H and O–H groups in total. The molecule has 0 amide bonds. The third-order valence-corrected chi connectivity index (χ3v) is 13.9. The fourth-order valence-electron chi connectivity index (χ4n) is 7.98. The molecular weight excluding hydrogens is 757 g/mol. The number of sulfonamides is 1. The number of benzene rings is 2. The summed E-state index contributed by atoms with van der Waals surface area (Å²) in [5.74, 6) is 3.54. The molecule has 0 saturated carbocycles. The first-order chi connectivity index (χ1) is 24.3. The summed E-state index contributed by atoms with van der Waals surface area (Å²) in [5.41, 5.74) is 3.77. The normalized spacial score (nSPS) is 21.5. The number of nitrogens with one attached hydrogen (secondary N) is 2. The minimum Gasteiger partial charge on any atom is -0.494 e. The lowest BCUT2D eigenvalue weighted by Gasteiger charge is -2.39. The van der Waals surface area contributed by atoms with Gasteiger partial charge < -0.3 is 34.3 Å². The van der Waals surface area contributed by atoms with Gasteiger partial charge >= 0.3 is 0 Å². The minimum absolute atomic E-state index is 0.375. The van der Waals surface area contributed by atoms with Crippen LogP contribution in [0.15, 0.2) is 34.9 Å². The second-order valence-electron chi connectivity index (χ2n) is 14.3. The predicted molar refractivity (Wildman–Crippen MR) is 205 cm³/mol. The third kappa shape index (κ3) is 7.55. The molecule has 16 heteroatoms. The van der Waals surface area contributed by atoms with Crippen molar-refractivity contribution in [1.82, 2.24) is 19.2 Å². The molecule has 276 valence electrons. The highest BCUT2D eigenvalue weighted by Crippen LogP contribution is 2.47. The fourth-order valence-corrected chi connectivity index (χ4v) is 10.6. The van der Waals surface area contributed by atoms with Crippen molar-refractivity contribution in [1.29, 1.82) is 0 Å². The molecule has 5 heterocycles. The molecule has 1 unspecified atom stereocenters. The first kappa shape index (κ1) is 36.3. The van der Waals surface area contributed by atoms with E-state index in [2.05, 4.69) is 60.4 Å². The molecule has 0 aliphatic carbocycles. The van der Waals surface area contributed by atoms with Crippen LogP contribution >= 0.6 is 23.1 Å². The van der Waals surface area contributed by atoms with E-state index in [0.717, 1.165) is 51.1 Å². The average Bonchev–Trinajstić information content (AvgIpc) is 3.70. The number of fused-ring (bicyclic) bond motifs is 2. The summed E-state index contributed by atoms with van der Waals surface area (Å²) in [4.78, 5) is 14.4. The van der Waals surface area contributed by atoms with Crippen LogP contribution in [0.5, 0.6) is 17.2 Å². The van der Waals surface area contributed by atoms with Gasteiger partial charge in [-0.3, -0.25) is 4.90 Å². The second kappa shape index (κ2) is 14.4. The van der Waals surface area contributed by atoms with Crippen molar-refractivity contribution in [2.45, 2.75) is 32.2 Å². The van der Waals surface area contributed by atoms with Gasteiger partial charge in [0.2, 0.25) is 16.0 Å². The molecule has 4 aliphatic rings. The molecule has 3 saturated heterocycles. The SMILES string of the molecule is CCc1cc(Nc2ncc(Br)c(Nc3ccc4c(c3P(C)(C)=O)OCCO4)n2)c(OC)cc1N1CCC(N2CC3CN(S(C)(=O)=O)C[C@H]3C2)CC1. The summed E-state index contributed by atoms with van der Waals surface area (Å²) < 4.78 is 57.4. The summed E-state index contributed by atoms with van der Waals surface area (Å²) in [6, 6.07) is 8.41. The maximum absolute atomic E-state index is 13.4. The summed E-state index contributed by atoms with van der Waals surface area (Å²) >= 11 is 3.58. The number of aromatic nitrogens is 2. The predicted octanol–water partition coefficient (Wildman–Crippen LogP) is 5.11. The molecule has 0 spiro atoms. The number of likely N-dealkylation sites (tertiary alicyclic amines) is 1. The Hall–Kier alpha value is -3.10. The van der Waals surface area contributed by atoms with Gasteiger partial charge in [-0.15, -0.1) is 0 Å². The lowest BCUT2D eigenvalue weighted by Crippen LogP contribution is -2.45. The standard InChI is InChI=1S/C35H47BrN7O6PS/c1-6-22-15-28(39-35-37-17-26(36)34(40-35)38-27-7-8-30-32(49-14-13-48-30)33(27)50(3,4)44)31(47-2)16-29(22)41-11-9-25(10-12-41)42-18-23-20-43(51(5,45)46)21-24(23)19-42/h7-8,15-17,23-25H,6,9-14,18-21H2,1-5H3,(H2,37,38,39,40)/t23-,24?/m1/s1. The largest absolute Gasteiger partial charge is 0.494 e. The molecule has 2 atom stereocenters. The van der Waals surface area contributed by atoms with E-state index in [1.54, 1.807) is 30.9 Å². The highest BCUT2D eigenvalue weighted by molar-refractivity contribution is 9.10. The number of aryl methyl sites for hydroxylation is 1. The lowest BCUT2D eigenvalue weighted by molar-refractivity contribution is 0.173. The topological polar surface area (TPSA) is 138 Å². The van der Waals surface area contributed by atoms with Gasteiger partial charge in [-0.1, -0.05) is 6.92 Å². The van der Waals surface area contributed by atoms with Gasteiger partial charge in [0.05, 0.1) is 34.5 Å². The van der Waals surface area contributed by atoms with Crippen molar-refractivity contribution in [2.24, 2.45) is 11.8 Å². The zero-order valence-electron chi connectivity index (χ0n) is 29.8. The van der Waals surface area contributed by atoms with Crippen molar-refractivity contribution < 1.29 is 27.2 Å². The number of hydrogen-bond acceptors (Lipinski definition) is 12. The first-order valence-corrected chi connectivity index (χ1v) is 22.8. The smallest absolute Gasteiger partial charge is 0.229 e. The van der Waals surface area contributed by atoms with E-state index >= 15 is 0 Å². The Morgan fingerprint density at radius 3 is 2.37 bits per heavy atom.